The van der Waals surface area contributed by atoms with Gasteiger partial charge in [-0.05, 0) is 19.2 Å². The van der Waals surface area contributed by atoms with Crippen LogP contribution in [-0.4, -0.2) is 60.4 Å². The molecular formula is C26H29N7O4. The number of ether oxygens (including phenoxy) is 2. The molecule has 3 heterocycles. The molecule has 0 saturated carbocycles. The Morgan fingerprint density at radius 1 is 1.27 bits per heavy atom. The van der Waals surface area contributed by atoms with Crippen molar-refractivity contribution in [1.29, 1.82) is 0 Å². The van der Waals surface area contributed by atoms with E-state index in [1.54, 1.807) is 12.3 Å². The summed E-state index contributed by atoms with van der Waals surface area (Å²) in [6.45, 7) is 3.22. The summed E-state index contributed by atoms with van der Waals surface area (Å²) in [4.78, 5) is 22.5. The number of benzene rings is 2. The van der Waals surface area contributed by atoms with Crippen LogP contribution in [0.3, 0.4) is 0 Å². The normalized spacial score (nSPS) is 12.8. The number of rotatable bonds is 9. The molecule has 0 amide bonds. The SMILES string of the molecule is CNCCN(C)c1cc(OC)c(Nc2nccc(-c3c4n(c5ccccc35)CCOC4)n2)cc1[N+](=O)[O-]. The third-order valence-corrected chi connectivity index (χ3v) is 6.54. The van der Waals surface area contributed by atoms with Gasteiger partial charge in [0.25, 0.3) is 5.69 Å². The van der Waals surface area contributed by atoms with Gasteiger partial charge in [-0.25, -0.2) is 9.97 Å². The van der Waals surface area contributed by atoms with Crippen molar-refractivity contribution >= 4 is 33.9 Å². The molecule has 11 nitrogen and oxygen atoms in total. The Balaban J connectivity index is 1.54. The molecule has 2 aromatic carbocycles. The van der Waals surface area contributed by atoms with Crippen LogP contribution in [0.4, 0.5) is 23.0 Å². The van der Waals surface area contributed by atoms with E-state index in [2.05, 4.69) is 32.3 Å². The van der Waals surface area contributed by atoms with Gasteiger partial charge in [0, 0.05) is 61.5 Å². The summed E-state index contributed by atoms with van der Waals surface area (Å²) in [7, 11) is 5.18. The van der Waals surface area contributed by atoms with E-state index in [-0.39, 0.29) is 5.69 Å². The van der Waals surface area contributed by atoms with Crippen molar-refractivity contribution in [1.82, 2.24) is 19.9 Å². The van der Waals surface area contributed by atoms with Crippen molar-refractivity contribution in [2.45, 2.75) is 13.2 Å². The second-order valence-electron chi connectivity index (χ2n) is 8.76. The summed E-state index contributed by atoms with van der Waals surface area (Å²) >= 11 is 0. The lowest BCUT2D eigenvalue weighted by molar-refractivity contribution is -0.384. The van der Waals surface area contributed by atoms with Crippen LogP contribution in [-0.2, 0) is 17.9 Å². The zero-order valence-electron chi connectivity index (χ0n) is 21.0. The number of nitrogens with one attached hydrogen (secondary N) is 2. The van der Waals surface area contributed by atoms with Crippen molar-refractivity contribution in [2.75, 3.05) is 51.1 Å². The van der Waals surface area contributed by atoms with Crippen LogP contribution in [0.25, 0.3) is 22.2 Å². The van der Waals surface area contributed by atoms with E-state index in [1.165, 1.54) is 13.2 Å². The molecule has 192 valence electrons. The van der Waals surface area contributed by atoms with Gasteiger partial charge in [-0.15, -0.1) is 0 Å². The number of fused-ring (bicyclic) bond motifs is 3. The van der Waals surface area contributed by atoms with Gasteiger partial charge in [0.15, 0.2) is 0 Å². The predicted molar refractivity (Wildman–Crippen MR) is 143 cm³/mol. The molecular weight excluding hydrogens is 474 g/mol. The summed E-state index contributed by atoms with van der Waals surface area (Å²) in [5.41, 5.74) is 4.78. The van der Waals surface area contributed by atoms with Crippen molar-refractivity contribution in [2.24, 2.45) is 0 Å². The van der Waals surface area contributed by atoms with Crippen LogP contribution in [0.2, 0.25) is 0 Å². The highest BCUT2D eigenvalue weighted by Gasteiger charge is 2.24. The third-order valence-electron chi connectivity index (χ3n) is 6.54. The van der Waals surface area contributed by atoms with Gasteiger partial charge in [-0.3, -0.25) is 10.1 Å². The second kappa shape index (κ2) is 10.4. The molecule has 0 spiro atoms. The van der Waals surface area contributed by atoms with Crippen LogP contribution >= 0.6 is 0 Å². The Morgan fingerprint density at radius 2 is 2.11 bits per heavy atom. The average molecular weight is 504 g/mol. The zero-order chi connectivity index (χ0) is 25.9. The molecule has 4 aromatic rings. The molecule has 1 aliphatic rings. The number of aromatic nitrogens is 3. The number of anilines is 3. The van der Waals surface area contributed by atoms with Gasteiger partial charge in [-0.2, -0.15) is 0 Å². The van der Waals surface area contributed by atoms with Crippen LogP contribution in [0.1, 0.15) is 5.69 Å². The van der Waals surface area contributed by atoms with E-state index in [1.807, 2.05) is 37.2 Å². The zero-order valence-corrected chi connectivity index (χ0v) is 21.0. The van der Waals surface area contributed by atoms with Crippen molar-refractivity contribution in [3.8, 4) is 17.0 Å². The van der Waals surface area contributed by atoms with Crippen LogP contribution in [0.15, 0.2) is 48.7 Å². The van der Waals surface area contributed by atoms with Crippen molar-refractivity contribution < 1.29 is 14.4 Å². The molecule has 5 rings (SSSR count). The monoisotopic (exact) mass is 503 g/mol. The molecule has 2 N–H and O–H groups in total. The van der Waals surface area contributed by atoms with Crippen LogP contribution in [0.5, 0.6) is 5.75 Å². The maximum absolute atomic E-state index is 11.9. The first-order valence-electron chi connectivity index (χ1n) is 12.0. The van der Waals surface area contributed by atoms with Crippen molar-refractivity contribution in [3.05, 3.63) is 64.5 Å². The lowest BCUT2D eigenvalue weighted by Gasteiger charge is -2.21. The number of likely N-dealkylation sites (N-methyl/N-ethyl adjacent to an activating group) is 2. The second-order valence-corrected chi connectivity index (χ2v) is 8.76. The molecule has 11 heteroatoms. The fraction of sp³-hybridized carbons (Fsp3) is 0.308. The summed E-state index contributed by atoms with van der Waals surface area (Å²) in [5.74, 6) is 0.758. The van der Waals surface area contributed by atoms with Gasteiger partial charge in [-0.1, -0.05) is 18.2 Å². The molecule has 0 aliphatic carbocycles. The van der Waals surface area contributed by atoms with Gasteiger partial charge in [0.2, 0.25) is 5.95 Å². The highest BCUT2D eigenvalue weighted by atomic mass is 16.6. The van der Waals surface area contributed by atoms with Gasteiger partial charge in [0.05, 0.1) is 42.3 Å². The highest BCUT2D eigenvalue weighted by Crippen LogP contribution is 2.40. The van der Waals surface area contributed by atoms with Crippen LogP contribution < -0.4 is 20.3 Å². The van der Waals surface area contributed by atoms with E-state index in [0.717, 1.165) is 34.4 Å². The summed E-state index contributed by atoms with van der Waals surface area (Å²) in [6.07, 6.45) is 1.67. The molecule has 0 fully saturated rings. The van der Waals surface area contributed by atoms with E-state index in [9.17, 15) is 10.1 Å². The molecule has 2 aromatic heterocycles. The van der Waals surface area contributed by atoms with Crippen LogP contribution in [0, 0.1) is 10.1 Å². The largest absolute Gasteiger partial charge is 0.494 e. The Morgan fingerprint density at radius 3 is 2.89 bits per heavy atom. The topological polar surface area (TPSA) is 120 Å². The summed E-state index contributed by atoms with van der Waals surface area (Å²) in [5, 5.41) is 19.2. The molecule has 0 saturated heterocycles. The maximum Gasteiger partial charge on any atom is 0.294 e. The number of hydrogen-bond donors (Lipinski definition) is 2. The molecule has 0 atom stereocenters. The molecule has 0 radical (unpaired) electrons. The fourth-order valence-electron chi connectivity index (χ4n) is 4.73. The van der Waals surface area contributed by atoms with E-state index < -0.39 is 4.92 Å². The number of nitrogens with zero attached hydrogens (tertiary/aromatic N) is 5. The summed E-state index contributed by atoms with van der Waals surface area (Å²) < 4.78 is 13.6. The lowest BCUT2D eigenvalue weighted by atomic mass is 10.1. The van der Waals surface area contributed by atoms with Gasteiger partial charge >= 0.3 is 0 Å². The molecule has 37 heavy (non-hydrogen) atoms. The number of nitro groups is 1. The Labute approximate surface area is 214 Å². The minimum Gasteiger partial charge on any atom is -0.494 e. The molecule has 0 bridgehead atoms. The molecule has 0 unspecified atom stereocenters. The fourth-order valence-corrected chi connectivity index (χ4v) is 4.73. The average Bonchev–Trinajstić information content (AvgIpc) is 3.26. The Bertz CT molecular complexity index is 1450. The maximum atomic E-state index is 11.9. The third kappa shape index (κ3) is 4.66. The first-order chi connectivity index (χ1) is 18.0. The number of para-hydroxylation sites is 1. The first-order valence-corrected chi connectivity index (χ1v) is 12.0. The first kappa shape index (κ1) is 24.5. The smallest absolute Gasteiger partial charge is 0.294 e. The minimum atomic E-state index is -0.396. The van der Waals surface area contributed by atoms with E-state index >= 15 is 0 Å². The quantitative estimate of drug-likeness (QED) is 0.258. The Kier molecular flexibility index (Phi) is 6.89. The lowest BCUT2D eigenvalue weighted by Crippen LogP contribution is -2.27. The van der Waals surface area contributed by atoms with Gasteiger partial charge in [0.1, 0.15) is 11.4 Å². The van der Waals surface area contributed by atoms with Gasteiger partial charge < -0.3 is 29.6 Å². The van der Waals surface area contributed by atoms with E-state index in [0.29, 0.717) is 49.4 Å². The molecule has 1 aliphatic heterocycles. The number of hydrogen-bond acceptors (Lipinski definition) is 9. The van der Waals surface area contributed by atoms with E-state index in [4.69, 9.17) is 14.5 Å². The van der Waals surface area contributed by atoms with Crippen molar-refractivity contribution in [3.63, 3.8) is 0 Å². The highest BCUT2D eigenvalue weighted by molar-refractivity contribution is 5.97. The number of methoxy groups -OCH3 is 1. The summed E-state index contributed by atoms with van der Waals surface area (Å²) in [6, 6.07) is 13.2. The standard InChI is InChI=1S/C26H29N7O4/c1-27-10-11-31(2)21-15-24(36-3)19(14-22(21)33(34)35)30-26-28-9-8-18(29-26)25-17-6-4-5-7-20(17)32-12-13-37-16-23(25)32/h4-9,14-15,27H,10-13,16H2,1-3H3,(H,28,29,30). The number of nitro benzene ring substituents is 1. The minimum absolute atomic E-state index is 0.0392. The Hall–Kier alpha value is -4.22. The predicted octanol–water partition coefficient (Wildman–Crippen LogP) is 3.94.